The van der Waals surface area contributed by atoms with Crippen LogP contribution in [-0.2, 0) is 11.3 Å². The van der Waals surface area contributed by atoms with Crippen LogP contribution in [0.5, 0.6) is 0 Å². The normalized spacial score (nSPS) is 16.8. The number of hydrogen-bond donors (Lipinski definition) is 1. The first-order valence-electron chi connectivity index (χ1n) is 7.74. The first-order chi connectivity index (χ1) is 11.2. The van der Waals surface area contributed by atoms with Gasteiger partial charge in [0.2, 0.25) is 0 Å². The van der Waals surface area contributed by atoms with Crippen molar-refractivity contribution in [1.82, 2.24) is 0 Å². The molecule has 0 radical (unpaired) electrons. The molecule has 2 rings (SSSR count). The number of hydrogen-bond acceptors (Lipinski definition) is 4. The molecule has 23 heavy (non-hydrogen) atoms. The van der Waals surface area contributed by atoms with Gasteiger partial charge in [0.15, 0.2) is 5.82 Å². The maximum Gasteiger partial charge on any atom is 0.151 e. The van der Waals surface area contributed by atoms with E-state index < -0.39 is 0 Å². The fourth-order valence-corrected chi connectivity index (χ4v) is 2.69. The zero-order chi connectivity index (χ0) is 16.7. The molecular formula is C18H23FN2O2. The third-order valence-electron chi connectivity index (χ3n) is 3.89. The molecule has 1 saturated heterocycles. The maximum absolute atomic E-state index is 14.3. The van der Waals surface area contributed by atoms with Gasteiger partial charge in [-0.05, 0) is 31.9 Å². The summed E-state index contributed by atoms with van der Waals surface area (Å²) in [5, 5.41) is 9.17. The first kappa shape index (κ1) is 17.2. The lowest BCUT2D eigenvalue weighted by molar-refractivity contribution is 0.0950. The molecule has 0 aromatic heterocycles. The van der Waals surface area contributed by atoms with Gasteiger partial charge in [0.05, 0.1) is 18.1 Å². The highest BCUT2D eigenvalue weighted by molar-refractivity contribution is 5.50. The van der Waals surface area contributed by atoms with E-state index in [4.69, 9.17) is 4.74 Å². The minimum absolute atomic E-state index is 0.136. The van der Waals surface area contributed by atoms with Crippen LogP contribution >= 0.6 is 0 Å². The molecule has 1 aliphatic rings. The van der Waals surface area contributed by atoms with Crippen molar-refractivity contribution in [2.24, 2.45) is 4.99 Å². The molecule has 1 aliphatic heterocycles. The minimum Gasteiger partial charge on any atom is -0.495 e. The zero-order valence-electron chi connectivity index (χ0n) is 13.4. The van der Waals surface area contributed by atoms with Crippen molar-refractivity contribution >= 4 is 12.4 Å². The van der Waals surface area contributed by atoms with E-state index in [1.807, 2.05) is 17.9 Å². The Kier molecular flexibility index (Phi) is 6.35. The molecule has 0 atom stereocenters. The summed E-state index contributed by atoms with van der Waals surface area (Å²) in [7, 11) is 0. The third kappa shape index (κ3) is 4.66. The van der Waals surface area contributed by atoms with Crippen LogP contribution in [0, 0.1) is 5.82 Å². The van der Waals surface area contributed by atoms with Crippen molar-refractivity contribution in [1.29, 1.82) is 0 Å². The fraction of sp³-hybridized carbons (Fsp3) is 0.389. The molecule has 124 valence electrons. The van der Waals surface area contributed by atoms with Crippen LogP contribution in [0.15, 0.2) is 47.3 Å². The highest BCUT2D eigenvalue weighted by atomic mass is 19.1. The van der Waals surface area contributed by atoms with Gasteiger partial charge in [0.1, 0.15) is 6.10 Å². The van der Waals surface area contributed by atoms with E-state index >= 15 is 0 Å². The van der Waals surface area contributed by atoms with Gasteiger partial charge in [0.25, 0.3) is 0 Å². The fourth-order valence-electron chi connectivity index (χ4n) is 2.69. The Labute approximate surface area is 136 Å². The smallest absolute Gasteiger partial charge is 0.151 e. The summed E-state index contributed by atoms with van der Waals surface area (Å²) in [5.74, 6) is 0.504. The van der Waals surface area contributed by atoms with Crippen molar-refractivity contribution in [3.8, 4) is 0 Å². The lowest BCUT2D eigenvalue weighted by atomic mass is 10.1. The summed E-state index contributed by atoms with van der Waals surface area (Å²) in [6.45, 7) is 6.46. The number of anilines is 1. The topological polar surface area (TPSA) is 45.1 Å². The van der Waals surface area contributed by atoms with E-state index in [0.29, 0.717) is 11.3 Å². The lowest BCUT2D eigenvalue weighted by Crippen LogP contribution is -2.37. The van der Waals surface area contributed by atoms with Crippen LogP contribution in [0.2, 0.25) is 0 Å². The van der Waals surface area contributed by atoms with Crippen molar-refractivity contribution in [2.75, 3.05) is 18.0 Å². The molecule has 0 aliphatic carbocycles. The van der Waals surface area contributed by atoms with Crippen LogP contribution in [0.3, 0.4) is 0 Å². The van der Waals surface area contributed by atoms with Gasteiger partial charge in [0, 0.05) is 37.7 Å². The van der Waals surface area contributed by atoms with E-state index in [-0.39, 0.29) is 18.5 Å². The van der Waals surface area contributed by atoms with Crippen LogP contribution < -0.4 is 4.90 Å². The Morgan fingerprint density at radius 1 is 1.48 bits per heavy atom. The van der Waals surface area contributed by atoms with Crippen molar-refractivity contribution in [2.45, 2.75) is 32.5 Å². The number of aliphatic hydroxyl groups excluding tert-OH is 1. The molecular weight excluding hydrogens is 295 g/mol. The third-order valence-corrected chi connectivity index (χ3v) is 3.89. The van der Waals surface area contributed by atoms with E-state index in [0.717, 1.165) is 31.7 Å². The van der Waals surface area contributed by atoms with Gasteiger partial charge in [-0.3, -0.25) is 4.99 Å². The van der Waals surface area contributed by atoms with Crippen molar-refractivity contribution in [3.05, 3.63) is 53.7 Å². The number of aliphatic imine (C=N–C) groups is 1. The molecule has 1 aromatic carbocycles. The Bertz CT molecular complexity index is 591. The number of aliphatic hydroxyl groups is 1. The number of piperidine rings is 1. The monoisotopic (exact) mass is 318 g/mol. The van der Waals surface area contributed by atoms with E-state index in [1.165, 1.54) is 0 Å². The SMILES string of the molecule is C=N/C=C\C=C(/C)OC1CCN(c2cccc(CO)c2F)CC1. The van der Waals surface area contributed by atoms with E-state index in [9.17, 15) is 9.50 Å². The molecule has 1 heterocycles. The lowest BCUT2D eigenvalue weighted by Gasteiger charge is -2.34. The zero-order valence-corrected chi connectivity index (χ0v) is 13.4. The van der Waals surface area contributed by atoms with Crippen LogP contribution in [0.25, 0.3) is 0 Å². The number of rotatable bonds is 6. The Hall–Kier alpha value is -2.14. The molecule has 4 nitrogen and oxygen atoms in total. The molecule has 5 heteroatoms. The summed E-state index contributed by atoms with van der Waals surface area (Å²) in [5.41, 5.74) is 0.893. The van der Waals surface area contributed by atoms with Gasteiger partial charge in [-0.2, -0.15) is 0 Å². The number of ether oxygens (including phenoxy) is 1. The quantitative estimate of drug-likeness (QED) is 0.496. The highest BCUT2D eigenvalue weighted by Crippen LogP contribution is 2.27. The van der Waals surface area contributed by atoms with Gasteiger partial charge in [-0.15, -0.1) is 0 Å². The molecule has 1 N–H and O–H groups in total. The average molecular weight is 318 g/mol. The van der Waals surface area contributed by atoms with Gasteiger partial charge < -0.3 is 14.7 Å². The maximum atomic E-state index is 14.3. The van der Waals surface area contributed by atoms with Gasteiger partial charge >= 0.3 is 0 Å². The van der Waals surface area contributed by atoms with Crippen LogP contribution in [-0.4, -0.2) is 31.0 Å². The van der Waals surface area contributed by atoms with Crippen molar-refractivity contribution < 1.29 is 14.2 Å². The molecule has 0 amide bonds. The Morgan fingerprint density at radius 2 is 2.22 bits per heavy atom. The second kappa shape index (κ2) is 8.48. The minimum atomic E-state index is -0.326. The standard InChI is InChI=1S/C18H23FN2O2/c1-14(5-4-10-20-2)23-16-8-11-21(12-9-16)17-7-3-6-15(13-22)18(17)19/h3-7,10,16,22H,2,8-9,11-13H2,1H3/b10-4-,14-5+. The number of benzene rings is 1. The molecule has 0 unspecified atom stereocenters. The second-order valence-electron chi connectivity index (χ2n) is 5.51. The molecule has 1 aromatic rings. The van der Waals surface area contributed by atoms with Gasteiger partial charge in [-0.1, -0.05) is 12.1 Å². The molecule has 0 spiro atoms. The van der Waals surface area contributed by atoms with Crippen LogP contribution in [0.4, 0.5) is 10.1 Å². The van der Waals surface area contributed by atoms with Gasteiger partial charge in [-0.25, -0.2) is 4.39 Å². The second-order valence-corrected chi connectivity index (χ2v) is 5.51. The summed E-state index contributed by atoms with van der Waals surface area (Å²) in [6.07, 6.45) is 7.04. The van der Waals surface area contributed by atoms with Crippen LogP contribution in [0.1, 0.15) is 25.3 Å². The van der Waals surface area contributed by atoms with E-state index in [2.05, 4.69) is 11.7 Å². The predicted octanol–water partition coefficient (Wildman–Crippen LogP) is 3.42. The number of nitrogens with zero attached hydrogens (tertiary/aromatic N) is 2. The molecule has 0 bridgehead atoms. The molecule has 1 fully saturated rings. The Balaban J connectivity index is 1.93. The summed E-state index contributed by atoms with van der Waals surface area (Å²) in [4.78, 5) is 5.64. The summed E-state index contributed by atoms with van der Waals surface area (Å²) >= 11 is 0. The first-order valence-corrected chi connectivity index (χ1v) is 7.74. The van der Waals surface area contributed by atoms with Crippen molar-refractivity contribution in [3.63, 3.8) is 0 Å². The van der Waals surface area contributed by atoms with E-state index in [1.54, 1.807) is 30.5 Å². The summed E-state index contributed by atoms with van der Waals surface area (Å²) in [6, 6.07) is 5.14. The summed E-state index contributed by atoms with van der Waals surface area (Å²) < 4.78 is 20.2. The molecule has 0 saturated carbocycles. The highest BCUT2D eigenvalue weighted by Gasteiger charge is 2.23. The largest absolute Gasteiger partial charge is 0.495 e. The average Bonchev–Trinajstić information content (AvgIpc) is 2.56. The predicted molar refractivity (Wildman–Crippen MR) is 91.1 cm³/mol. The number of halogens is 1. The number of allylic oxidation sites excluding steroid dienone is 3. The Morgan fingerprint density at radius 3 is 2.87 bits per heavy atom.